The van der Waals surface area contributed by atoms with Crippen molar-refractivity contribution in [1.29, 1.82) is 0 Å². The Morgan fingerprint density at radius 2 is 1.89 bits per heavy atom. The van der Waals surface area contributed by atoms with E-state index in [0.717, 1.165) is 27.6 Å². The minimum Gasteiger partial charge on any atom is -0.486 e. The van der Waals surface area contributed by atoms with Crippen LogP contribution in [0.15, 0.2) is 48.7 Å². The number of amides is 1. The third-order valence-corrected chi connectivity index (χ3v) is 5.30. The summed E-state index contributed by atoms with van der Waals surface area (Å²) in [5.74, 6) is 1.85. The average molecular weight is 381 g/mol. The lowest BCUT2D eigenvalue weighted by Gasteiger charge is -2.18. The molecule has 1 aliphatic rings. The molecule has 3 heterocycles. The summed E-state index contributed by atoms with van der Waals surface area (Å²) in [6.07, 6.45) is 1.73. The van der Waals surface area contributed by atoms with Gasteiger partial charge in [0.25, 0.3) is 5.91 Å². The number of nitrogens with one attached hydrogen (secondary N) is 1. The van der Waals surface area contributed by atoms with Gasteiger partial charge >= 0.3 is 0 Å². The van der Waals surface area contributed by atoms with Gasteiger partial charge in [0.15, 0.2) is 11.5 Å². The molecule has 0 bridgehead atoms. The molecule has 0 saturated heterocycles. The number of fused-ring (bicyclic) bond motifs is 1. The smallest absolute Gasteiger partial charge is 0.266 e. The first-order valence-electron chi connectivity index (χ1n) is 8.55. The van der Waals surface area contributed by atoms with Crippen LogP contribution in [0.1, 0.15) is 9.67 Å². The van der Waals surface area contributed by atoms with Gasteiger partial charge in [-0.1, -0.05) is 0 Å². The van der Waals surface area contributed by atoms with Crippen molar-refractivity contribution < 1.29 is 14.3 Å². The predicted octanol–water partition coefficient (Wildman–Crippen LogP) is 3.90. The molecule has 0 aliphatic carbocycles. The molecule has 0 fully saturated rings. The topological polar surface area (TPSA) is 63.7 Å². The summed E-state index contributed by atoms with van der Waals surface area (Å²) in [5.41, 5.74) is 1.97. The van der Waals surface area contributed by atoms with E-state index in [1.165, 1.54) is 11.3 Å². The number of benzene rings is 1. The highest BCUT2D eigenvalue weighted by molar-refractivity contribution is 7.17. The molecule has 1 aliphatic heterocycles. The molecule has 0 saturated carbocycles. The van der Waals surface area contributed by atoms with Crippen LogP contribution in [0.25, 0.3) is 10.4 Å². The van der Waals surface area contributed by atoms with Crippen LogP contribution in [0.3, 0.4) is 0 Å². The highest BCUT2D eigenvalue weighted by Crippen LogP contribution is 2.37. The molecule has 6 nitrogen and oxygen atoms in total. The summed E-state index contributed by atoms with van der Waals surface area (Å²) >= 11 is 1.43. The number of ether oxygens (including phenoxy) is 2. The zero-order chi connectivity index (χ0) is 18.8. The molecule has 0 unspecified atom stereocenters. The molecule has 138 valence electrons. The highest BCUT2D eigenvalue weighted by Gasteiger charge is 2.15. The van der Waals surface area contributed by atoms with E-state index < -0.39 is 0 Å². The molecular formula is C20H19N3O3S. The lowest BCUT2D eigenvalue weighted by Crippen LogP contribution is -2.15. The number of anilines is 2. The maximum absolute atomic E-state index is 12.5. The Bertz CT molecular complexity index is 967. The molecule has 1 N–H and O–H groups in total. The van der Waals surface area contributed by atoms with Gasteiger partial charge in [-0.15, -0.1) is 11.3 Å². The van der Waals surface area contributed by atoms with E-state index >= 15 is 0 Å². The Kier molecular flexibility index (Phi) is 4.68. The molecule has 0 atom stereocenters. The van der Waals surface area contributed by atoms with Gasteiger partial charge in [-0.25, -0.2) is 4.98 Å². The van der Waals surface area contributed by atoms with E-state index in [1.807, 2.05) is 55.4 Å². The number of aromatic nitrogens is 1. The van der Waals surface area contributed by atoms with Gasteiger partial charge in [-0.3, -0.25) is 4.79 Å². The van der Waals surface area contributed by atoms with Crippen molar-refractivity contribution in [3.63, 3.8) is 0 Å². The van der Waals surface area contributed by atoms with Crippen molar-refractivity contribution in [3.05, 3.63) is 53.5 Å². The zero-order valence-corrected chi connectivity index (χ0v) is 15.9. The summed E-state index contributed by atoms with van der Waals surface area (Å²) < 4.78 is 11.2. The van der Waals surface area contributed by atoms with Crippen molar-refractivity contribution in [2.45, 2.75) is 0 Å². The van der Waals surface area contributed by atoms with E-state index in [9.17, 15) is 4.79 Å². The maximum Gasteiger partial charge on any atom is 0.266 e. The molecular weight excluding hydrogens is 362 g/mol. The second kappa shape index (κ2) is 7.28. The lowest BCUT2D eigenvalue weighted by atomic mass is 10.1. The normalized spacial score (nSPS) is 12.5. The molecule has 3 aromatic rings. The molecule has 0 spiro atoms. The summed E-state index contributed by atoms with van der Waals surface area (Å²) in [6.45, 7) is 1.12. The van der Waals surface area contributed by atoms with E-state index in [-0.39, 0.29) is 5.91 Å². The summed E-state index contributed by atoms with van der Waals surface area (Å²) in [5, 5.41) is 2.84. The minimum atomic E-state index is -0.172. The second-order valence-electron chi connectivity index (χ2n) is 6.27. The van der Waals surface area contributed by atoms with Crippen LogP contribution in [0.5, 0.6) is 11.5 Å². The number of hydrogen-bond donors (Lipinski definition) is 1. The monoisotopic (exact) mass is 381 g/mol. The number of carbonyl (C=O) groups excluding carboxylic acids is 1. The van der Waals surface area contributed by atoms with E-state index in [4.69, 9.17) is 9.47 Å². The van der Waals surface area contributed by atoms with Gasteiger partial charge in [-0.2, -0.15) is 0 Å². The Morgan fingerprint density at radius 3 is 2.63 bits per heavy atom. The fourth-order valence-corrected chi connectivity index (χ4v) is 3.61. The zero-order valence-electron chi connectivity index (χ0n) is 15.1. The molecule has 2 aromatic heterocycles. The number of rotatable bonds is 4. The van der Waals surface area contributed by atoms with Crippen LogP contribution >= 0.6 is 11.3 Å². The number of pyridine rings is 1. The Labute approximate surface area is 161 Å². The summed E-state index contributed by atoms with van der Waals surface area (Å²) in [6, 6.07) is 13.3. The Balaban J connectivity index is 1.49. The van der Waals surface area contributed by atoms with Gasteiger partial charge in [0.05, 0.1) is 16.8 Å². The number of hydrogen-bond acceptors (Lipinski definition) is 6. The van der Waals surface area contributed by atoms with Crippen LogP contribution in [0.2, 0.25) is 0 Å². The van der Waals surface area contributed by atoms with Gasteiger partial charge < -0.3 is 19.7 Å². The van der Waals surface area contributed by atoms with Crippen LogP contribution in [0.4, 0.5) is 11.5 Å². The van der Waals surface area contributed by atoms with Crippen molar-refractivity contribution in [3.8, 4) is 21.9 Å². The Morgan fingerprint density at radius 1 is 1.07 bits per heavy atom. The van der Waals surface area contributed by atoms with Gasteiger partial charge in [-0.05, 0) is 48.0 Å². The van der Waals surface area contributed by atoms with Crippen LogP contribution < -0.4 is 19.7 Å². The molecule has 1 amide bonds. The van der Waals surface area contributed by atoms with Crippen LogP contribution in [-0.2, 0) is 0 Å². The number of nitrogens with zero attached hydrogens (tertiary/aromatic N) is 2. The first-order valence-corrected chi connectivity index (χ1v) is 9.36. The first-order chi connectivity index (χ1) is 13.1. The first kappa shape index (κ1) is 17.4. The third kappa shape index (κ3) is 3.73. The molecule has 0 radical (unpaired) electrons. The van der Waals surface area contributed by atoms with Gasteiger partial charge in [0.2, 0.25) is 0 Å². The van der Waals surface area contributed by atoms with Gasteiger partial charge in [0.1, 0.15) is 19.0 Å². The molecule has 4 rings (SSSR count). The minimum absolute atomic E-state index is 0.172. The number of thiophene rings is 1. The standard InChI is InChI=1S/C20H19N3O3S/c1-23(2)14-4-8-19(21-12-14)22-20(24)18-7-6-17(27-18)13-3-5-15-16(11-13)26-10-9-25-15/h3-8,11-12H,9-10H2,1-2H3,(H,21,22,24). The molecule has 7 heteroatoms. The fraction of sp³-hybridized carbons (Fsp3) is 0.200. The largest absolute Gasteiger partial charge is 0.486 e. The van der Waals surface area contributed by atoms with Gasteiger partial charge in [0, 0.05) is 19.0 Å². The van der Waals surface area contributed by atoms with Crippen molar-refractivity contribution in [2.75, 3.05) is 37.5 Å². The number of carbonyl (C=O) groups is 1. The predicted molar refractivity (Wildman–Crippen MR) is 107 cm³/mol. The maximum atomic E-state index is 12.5. The summed E-state index contributed by atoms with van der Waals surface area (Å²) in [4.78, 5) is 20.4. The molecule has 1 aromatic carbocycles. The van der Waals surface area contributed by atoms with E-state index in [1.54, 1.807) is 12.3 Å². The van der Waals surface area contributed by atoms with E-state index in [2.05, 4.69) is 10.3 Å². The fourth-order valence-electron chi connectivity index (χ4n) is 2.71. The Hall–Kier alpha value is -3.06. The van der Waals surface area contributed by atoms with Crippen molar-refractivity contribution in [1.82, 2.24) is 4.98 Å². The quantitative estimate of drug-likeness (QED) is 0.743. The van der Waals surface area contributed by atoms with Crippen molar-refractivity contribution in [2.24, 2.45) is 0 Å². The van der Waals surface area contributed by atoms with Crippen LogP contribution in [0, 0.1) is 0 Å². The third-order valence-electron chi connectivity index (χ3n) is 4.16. The lowest BCUT2D eigenvalue weighted by molar-refractivity contribution is 0.103. The van der Waals surface area contributed by atoms with Crippen LogP contribution in [-0.4, -0.2) is 38.2 Å². The molecule has 27 heavy (non-hydrogen) atoms. The average Bonchev–Trinajstić information content (AvgIpc) is 3.18. The summed E-state index contributed by atoms with van der Waals surface area (Å²) in [7, 11) is 3.89. The van der Waals surface area contributed by atoms with Crippen molar-refractivity contribution >= 4 is 28.7 Å². The highest BCUT2D eigenvalue weighted by atomic mass is 32.1. The second-order valence-corrected chi connectivity index (χ2v) is 7.36. The SMILES string of the molecule is CN(C)c1ccc(NC(=O)c2ccc(-c3ccc4c(c3)OCCO4)s2)nc1. The van der Waals surface area contributed by atoms with E-state index in [0.29, 0.717) is 23.9 Å².